The third-order valence-corrected chi connectivity index (χ3v) is 3.45. The lowest BCUT2D eigenvalue weighted by atomic mass is 9.87. The van der Waals surface area contributed by atoms with E-state index in [4.69, 9.17) is 0 Å². The van der Waals surface area contributed by atoms with Crippen molar-refractivity contribution in [2.45, 2.75) is 40.0 Å². The van der Waals surface area contributed by atoms with Crippen molar-refractivity contribution in [3.63, 3.8) is 0 Å². The highest BCUT2D eigenvalue weighted by molar-refractivity contribution is 7.80. The molecule has 0 fully saturated rings. The van der Waals surface area contributed by atoms with Gasteiger partial charge >= 0.3 is 5.97 Å². The molecule has 0 aliphatic heterocycles. The molecule has 0 heterocycles. The molecule has 1 amide bonds. The van der Waals surface area contributed by atoms with E-state index in [1.54, 1.807) is 6.92 Å². The normalized spacial score (nSPS) is 15.8. The molecule has 0 aliphatic rings. The number of carboxylic acids is 1. The Labute approximate surface area is 115 Å². The molecule has 0 radical (unpaired) electrons. The molecule has 0 saturated heterocycles. The van der Waals surface area contributed by atoms with Crippen molar-refractivity contribution in [1.29, 1.82) is 0 Å². The van der Waals surface area contributed by atoms with Gasteiger partial charge in [-0.1, -0.05) is 27.2 Å². The molecule has 106 valence electrons. The molecular weight excluding hydrogens is 250 g/mol. The highest BCUT2D eigenvalue weighted by Crippen LogP contribution is 2.22. The number of aliphatic carboxylic acids is 1. The molecule has 5 heteroatoms. The number of amides is 1. The number of carbonyl (C=O) groups is 2. The molecule has 4 nitrogen and oxygen atoms in total. The Bertz CT molecular complexity index is 271. The Hall–Kier alpha value is -0.710. The largest absolute Gasteiger partial charge is 0.481 e. The van der Waals surface area contributed by atoms with Gasteiger partial charge in [-0.15, -0.1) is 0 Å². The van der Waals surface area contributed by atoms with Gasteiger partial charge in [0.25, 0.3) is 0 Å². The fourth-order valence-corrected chi connectivity index (χ4v) is 1.95. The lowest BCUT2D eigenvalue weighted by molar-refractivity contribution is -0.143. The van der Waals surface area contributed by atoms with Crippen LogP contribution in [0.2, 0.25) is 0 Å². The minimum atomic E-state index is -0.802. The van der Waals surface area contributed by atoms with E-state index in [1.807, 2.05) is 13.8 Å². The molecule has 18 heavy (non-hydrogen) atoms. The number of hydrogen-bond donors (Lipinski definition) is 3. The topological polar surface area (TPSA) is 66.4 Å². The van der Waals surface area contributed by atoms with E-state index in [0.717, 1.165) is 6.42 Å². The van der Waals surface area contributed by atoms with E-state index in [0.29, 0.717) is 31.1 Å². The number of thiol groups is 1. The molecule has 0 aromatic rings. The van der Waals surface area contributed by atoms with Crippen LogP contribution in [0, 0.1) is 17.8 Å². The minimum Gasteiger partial charge on any atom is -0.481 e. The zero-order chi connectivity index (χ0) is 14.1. The molecule has 2 N–H and O–H groups in total. The summed E-state index contributed by atoms with van der Waals surface area (Å²) in [6.45, 7) is 6.39. The molecule has 0 aromatic carbocycles. The quantitative estimate of drug-likeness (QED) is 0.565. The van der Waals surface area contributed by atoms with Crippen LogP contribution in [0.25, 0.3) is 0 Å². The van der Waals surface area contributed by atoms with Crippen molar-refractivity contribution >= 4 is 24.5 Å². The van der Waals surface area contributed by atoms with Gasteiger partial charge in [-0.3, -0.25) is 9.59 Å². The smallest absolute Gasteiger partial charge is 0.306 e. The summed E-state index contributed by atoms with van der Waals surface area (Å²) in [6, 6.07) is 0. The van der Waals surface area contributed by atoms with Crippen LogP contribution in [0.1, 0.15) is 40.0 Å². The molecule has 3 unspecified atom stereocenters. The van der Waals surface area contributed by atoms with Crippen molar-refractivity contribution in [2.75, 3.05) is 12.3 Å². The number of rotatable bonds is 9. The van der Waals surface area contributed by atoms with Crippen molar-refractivity contribution in [3.05, 3.63) is 0 Å². The van der Waals surface area contributed by atoms with Crippen LogP contribution in [-0.2, 0) is 9.59 Å². The van der Waals surface area contributed by atoms with Gasteiger partial charge in [-0.2, -0.15) is 12.6 Å². The minimum absolute atomic E-state index is 0.0838. The monoisotopic (exact) mass is 275 g/mol. The van der Waals surface area contributed by atoms with E-state index in [-0.39, 0.29) is 11.8 Å². The van der Waals surface area contributed by atoms with Crippen LogP contribution >= 0.6 is 12.6 Å². The number of nitrogens with one attached hydrogen (secondary N) is 1. The lowest BCUT2D eigenvalue weighted by Gasteiger charge is -2.19. The van der Waals surface area contributed by atoms with Crippen molar-refractivity contribution in [1.82, 2.24) is 5.32 Å². The molecule has 0 rings (SSSR count). The predicted octanol–water partition coefficient (Wildman–Crippen LogP) is 2.20. The van der Waals surface area contributed by atoms with E-state index in [2.05, 4.69) is 17.9 Å². The SMILES string of the molecule is CCC(C)CC(CC(C)C(=O)NCCS)C(=O)O. The van der Waals surface area contributed by atoms with Crippen LogP contribution in [0.4, 0.5) is 0 Å². The zero-order valence-corrected chi connectivity index (χ0v) is 12.4. The number of carbonyl (C=O) groups excluding carboxylic acids is 1. The van der Waals surface area contributed by atoms with Crippen LogP contribution in [0.3, 0.4) is 0 Å². The molecule has 0 aromatic heterocycles. The summed E-state index contributed by atoms with van der Waals surface area (Å²) < 4.78 is 0. The van der Waals surface area contributed by atoms with Crippen LogP contribution in [0.15, 0.2) is 0 Å². The first-order valence-corrected chi connectivity index (χ1v) is 7.16. The second-order valence-electron chi connectivity index (χ2n) is 4.94. The van der Waals surface area contributed by atoms with Gasteiger partial charge in [-0.05, 0) is 18.8 Å². The molecule has 0 aliphatic carbocycles. The van der Waals surface area contributed by atoms with Gasteiger partial charge in [0, 0.05) is 18.2 Å². The Morgan fingerprint density at radius 3 is 2.33 bits per heavy atom. The standard InChI is InChI=1S/C13H25NO3S/c1-4-9(2)7-11(13(16)17)8-10(3)12(15)14-5-6-18/h9-11,18H,4-8H2,1-3H3,(H,14,15)(H,16,17). The summed E-state index contributed by atoms with van der Waals surface area (Å²) in [5.74, 6) is -0.623. The van der Waals surface area contributed by atoms with Gasteiger partial charge in [0.05, 0.1) is 5.92 Å². The van der Waals surface area contributed by atoms with E-state index in [9.17, 15) is 14.7 Å². The Balaban J connectivity index is 4.31. The third-order valence-electron chi connectivity index (χ3n) is 3.23. The average molecular weight is 275 g/mol. The van der Waals surface area contributed by atoms with Crippen LogP contribution in [-0.4, -0.2) is 29.3 Å². The average Bonchev–Trinajstić information content (AvgIpc) is 2.34. The van der Waals surface area contributed by atoms with Crippen LogP contribution < -0.4 is 5.32 Å². The van der Waals surface area contributed by atoms with E-state index < -0.39 is 11.9 Å². The number of hydrogen-bond acceptors (Lipinski definition) is 3. The van der Waals surface area contributed by atoms with Gasteiger partial charge in [-0.25, -0.2) is 0 Å². The molecule has 0 spiro atoms. The molecule has 3 atom stereocenters. The zero-order valence-electron chi connectivity index (χ0n) is 11.5. The van der Waals surface area contributed by atoms with Gasteiger partial charge < -0.3 is 10.4 Å². The Kier molecular flexibility index (Phi) is 8.89. The first-order chi connectivity index (χ1) is 8.42. The van der Waals surface area contributed by atoms with Crippen molar-refractivity contribution < 1.29 is 14.7 Å². The Morgan fingerprint density at radius 2 is 1.89 bits per heavy atom. The van der Waals surface area contributed by atoms with Gasteiger partial charge in [0.15, 0.2) is 0 Å². The maximum Gasteiger partial charge on any atom is 0.306 e. The highest BCUT2D eigenvalue weighted by Gasteiger charge is 2.25. The molecule has 0 bridgehead atoms. The van der Waals surface area contributed by atoms with E-state index in [1.165, 1.54) is 0 Å². The van der Waals surface area contributed by atoms with Crippen molar-refractivity contribution in [2.24, 2.45) is 17.8 Å². The summed E-state index contributed by atoms with van der Waals surface area (Å²) >= 11 is 4.02. The second-order valence-corrected chi connectivity index (χ2v) is 5.38. The summed E-state index contributed by atoms with van der Waals surface area (Å²) in [7, 11) is 0. The third kappa shape index (κ3) is 6.89. The van der Waals surface area contributed by atoms with E-state index >= 15 is 0 Å². The first-order valence-electron chi connectivity index (χ1n) is 6.53. The number of carboxylic acid groups (broad SMARTS) is 1. The second kappa shape index (κ2) is 9.25. The highest BCUT2D eigenvalue weighted by atomic mass is 32.1. The maximum absolute atomic E-state index is 11.7. The first kappa shape index (κ1) is 17.3. The Morgan fingerprint density at radius 1 is 1.28 bits per heavy atom. The fourth-order valence-electron chi connectivity index (χ4n) is 1.84. The summed E-state index contributed by atoms with van der Waals surface area (Å²) in [6.07, 6.45) is 2.00. The summed E-state index contributed by atoms with van der Waals surface area (Å²) in [4.78, 5) is 22.9. The maximum atomic E-state index is 11.7. The van der Waals surface area contributed by atoms with Crippen molar-refractivity contribution in [3.8, 4) is 0 Å². The van der Waals surface area contributed by atoms with Gasteiger partial charge in [0.2, 0.25) is 5.91 Å². The molecular formula is C13H25NO3S. The van der Waals surface area contributed by atoms with Crippen LogP contribution in [0.5, 0.6) is 0 Å². The summed E-state index contributed by atoms with van der Waals surface area (Å²) in [5.41, 5.74) is 0. The molecule has 0 saturated carbocycles. The van der Waals surface area contributed by atoms with Gasteiger partial charge in [0.1, 0.15) is 0 Å². The summed E-state index contributed by atoms with van der Waals surface area (Å²) in [5, 5.41) is 11.9. The fraction of sp³-hybridized carbons (Fsp3) is 0.846. The lowest BCUT2D eigenvalue weighted by Crippen LogP contribution is -2.33. The predicted molar refractivity (Wildman–Crippen MR) is 75.8 cm³/mol.